The summed E-state index contributed by atoms with van der Waals surface area (Å²) >= 11 is 0. The van der Waals surface area contributed by atoms with Crippen LogP contribution in [-0.4, -0.2) is 13.1 Å². The Morgan fingerprint density at radius 2 is 2.20 bits per heavy atom. The van der Waals surface area contributed by atoms with E-state index in [1.54, 1.807) is 13.0 Å². The molecule has 2 rings (SSSR count). The molecule has 0 aliphatic rings. The van der Waals surface area contributed by atoms with Gasteiger partial charge in [0.2, 0.25) is 0 Å². The Morgan fingerprint density at radius 3 is 2.87 bits per heavy atom. The van der Waals surface area contributed by atoms with Gasteiger partial charge in [0, 0.05) is 5.39 Å². The van der Waals surface area contributed by atoms with Gasteiger partial charge in [0.1, 0.15) is 11.8 Å². The summed E-state index contributed by atoms with van der Waals surface area (Å²) < 4.78 is 22.9. The van der Waals surface area contributed by atoms with E-state index in [0.717, 1.165) is 5.56 Å². The highest BCUT2D eigenvalue weighted by atomic mass is 19.1. The fourth-order valence-electron chi connectivity index (χ4n) is 1.54. The van der Waals surface area contributed by atoms with Gasteiger partial charge in [-0.25, -0.2) is 9.18 Å². The highest BCUT2D eigenvalue weighted by molar-refractivity contribution is 6.04. The fourth-order valence-corrected chi connectivity index (χ4v) is 1.54. The van der Waals surface area contributed by atoms with Gasteiger partial charge in [-0.05, 0) is 18.6 Å². The zero-order valence-corrected chi connectivity index (χ0v) is 8.33. The molecule has 0 atom stereocenters. The zero-order valence-electron chi connectivity index (χ0n) is 8.33. The van der Waals surface area contributed by atoms with E-state index < -0.39 is 11.8 Å². The largest absolute Gasteiger partial charge is 0.465 e. The molecular formula is C11H9FO3. The molecule has 0 N–H and O–H groups in total. The lowest BCUT2D eigenvalue weighted by atomic mass is 10.1. The molecule has 0 radical (unpaired) electrons. The van der Waals surface area contributed by atoms with Gasteiger partial charge in [0.15, 0.2) is 11.4 Å². The highest BCUT2D eigenvalue weighted by Gasteiger charge is 2.18. The zero-order chi connectivity index (χ0) is 11.0. The maximum Gasteiger partial charge on any atom is 0.341 e. The topological polar surface area (TPSA) is 39.4 Å². The molecule has 1 aromatic heterocycles. The number of carbonyl (C=O) groups is 1. The molecule has 0 amide bonds. The van der Waals surface area contributed by atoms with Crippen LogP contribution in [0.25, 0.3) is 11.0 Å². The van der Waals surface area contributed by atoms with Crippen molar-refractivity contribution in [2.75, 3.05) is 7.11 Å². The number of aryl methyl sites for hydroxylation is 1. The smallest absolute Gasteiger partial charge is 0.341 e. The second kappa shape index (κ2) is 3.38. The first kappa shape index (κ1) is 9.71. The Balaban J connectivity index is 2.79. The molecular weight excluding hydrogens is 199 g/mol. The molecule has 0 bridgehead atoms. The minimum absolute atomic E-state index is 0.0930. The van der Waals surface area contributed by atoms with Gasteiger partial charge in [-0.1, -0.05) is 6.07 Å². The molecule has 0 saturated heterocycles. The van der Waals surface area contributed by atoms with E-state index in [9.17, 15) is 9.18 Å². The first-order valence-electron chi connectivity index (χ1n) is 4.39. The number of ether oxygens (including phenoxy) is 1. The van der Waals surface area contributed by atoms with Crippen LogP contribution >= 0.6 is 0 Å². The Hall–Kier alpha value is -1.84. The quantitative estimate of drug-likeness (QED) is 0.676. The summed E-state index contributed by atoms with van der Waals surface area (Å²) in [4.78, 5) is 11.3. The molecule has 1 heterocycles. The van der Waals surface area contributed by atoms with Gasteiger partial charge >= 0.3 is 5.97 Å². The van der Waals surface area contributed by atoms with Crippen molar-refractivity contribution in [3.8, 4) is 0 Å². The van der Waals surface area contributed by atoms with Crippen molar-refractivity contribution >= 4 is 16.9 Å². The highest BCUT2D eigenvalue weighted by Crippen LogP contribution is 2.27. The summed E-state index contributed by atoms with van der Waals surface area (Å²) in [6.07, 6.45) is 1.21. The summed E-state index contributed by atoms with van der Waals surface area (Å²) in [7, 11) is 1.27. The Bertz CT molecular complexity index is 528. The average Bonchev–Trinajstić information content (AvgIpc) is 2.68. The van der Waals surface area contributed by atoms with Crippen LogP contribution in [0.4, 0.5) is 4.39 Å². The first-order valence-corrected chi connectivity index (χ1v) is 4.39. The minimum Gasteiger partial charge on any atom is -0.465 e. The van der Waals surface area contributed by atoms with Crippen molar-refractivity contribution < 1.29 is 18.3 Å². The lowest BCUT2D eigenvalue weighted by molar-refractivity contribution is 0.0602. The number of esters is 1. The predicted octanol–water partition coefficient (Wildman–Crippen LogP) is 2.67. The second-order valence-corrected chi connectivity index (χ2v) is 3.21. The standard InChI is InChI=1S/C11H9FO3/c1-6-3-4-8(12)10-9(6)7(5-15-10)11(13)14-2/h3-5H,1-2H3. The van der Waals surface area contributed by atoms with Gasteiger partial charge < -0.3 is 9.15 Å². The van der Waals surface area contributed by atoms with E-state index in [1.165, 1.54) is 19.4 Å². The molecule has 0 unspecified atom stereocenters. The molecule has 3 nitrogen and oxygen atoms in total. The predicted molar refractivity (Wildman–Crippen MR) is 52.2 cm³/mol. The van der Waals surface area contributed by atoms with Crippen molar-refractivity contribution in [3.05, 3.63) is 35.3 Å². The molecule has 0 aliphatic carbocycles. The number of halogens is 1. The third-order valence-electron chi connectivity index (χ3n) is 2.29. The Kier molecular flexibility index (Phi) is 2.19. The Labute approximate surface area is 85.4 Å². The molecule has 78 valence electrons. The number of hydrogen-bond acceptors (Lipinski definition) is 3. The van der Waals surface area contributed by atoms with E-state index >= 15 is 0 Å². The van der Waals surface area contributed by atoms with Crippen molar-refractivity contribution in [2.45, 2.75) is 6.92 Å². The molecule has 2 aromatic rings. The molecule has 0 spiro atoms. The first-order chi connectivity index (χ1) is 7.15. The van der Waals surface area contributed by atoms with Gasteiger partial charge in [-0.2, -0.15) is 0 Å². The van der Waals surface area contributed by atoms with E-state index in [-0.39, 0.29) is 11.1 Å². The molecule has 15 heavy (non-hydrogen) atoms. The van der Waals surface area contributed by atoms with Gasteiger partial charge in [0.25, 0.3) is 0 Å². The maximum atomic E-state index is 13.3. The van der Waals surface area contributed by atoms with Crippen molar-refractivity contribution in [1.29, 1.82) is 0 Å². The van der Waals surface area contributed by atoms with Crippen LogP contribution in [-0.2, 0) is 4.74 Å². The number of hydrogen-bond donors (Lipinski definition) is 0. The number of rotatable bonds is 1. The molecule has 0 fully saturated rings. The van der Waals surface area contributed by atoms with Crippen LogP contribution in [0.1, 0.15) is 15.9 Å². The van der Waals surface area contributed by atoms with E-state index in [0.29, 0.717) is 5.39 Å². The molecule has 4 heteroatoms. The van der Waals surface area contributed by atoms with E-state index in [4.69, 9.17) is 4.42 Å². The average molecular weight is 208 g/mol. The van der Waals surface area contributed by atoms with E-state index in [1.807, 2.05) is 0 Å². The number of methoxy groups -OCH3 is 1. The van der Waals surface area contributed by atoms with Crippen molar-refractivity contribution in [2.24, 2.45) is 0 Å². The number of carbonyl (C=O) groups excluding carboxylic acids is 1. The van der Waals surface area contributed by atoms with Crippen LogP contribution in [0.2, 0.25) is 0 Å². The van der Waals surface area contributed by atoms with Gasteiger partial charge in [-0.3, -0.25) is 0 Å². The van der Waals surface area contributed by atoms with Gasteiger partial charge in [-0.15, -0.1) is 0 Å². The lowest BCUT2D eigenvalue weighted by Gasteiger charge is -1.99. The van der Waals surface area contributed by atoms with Crippen LogP contribution in [0.5, 0.6) is 0 Å². The van der Waals surface area contributed by atoms with Crippen molar-refractivity contribution in [1.82, 2.24) is 0 Å². The summed E-state index contributed by atoms with van der Waals surface area (Å²) in [6.45, 7) is 1.78. The second-order valence-electron chi connectivity index (χ2n) is 3.21. The van der Waals surface area contributed by atoms with E-state index in [2.05, 4.69) is 4.74 Å². The molecule has 0 aliphatic heterocycles. The molecule has 1 aromatic carbocycles. The number of furan rings is 1. The van der Waals surface area contributed by atoms with Crippen LogP contribution in [0.3, 0.4) is 0 Å². The summed E-state index contributed by atoms with van der Waals surface area (Å²) in [6, 6.07) is 2.90. The number of benzene rings is 1. The summed E-state index contributed by atoms with van der Waals surface area (Å²) in [5, 5.41) is 0.474. The SMILES string of the molecule is COC(=O)c1coc2c(F)ccc(C)c12. The summed E-state index contributed by atoms with van der Waals surface area (Å²) in [5.74, 6) is -1.01. The third kappa shape index (κ3) is 1.38. The minimum atomic E-state index is -0.526. The maximum absolute atomic E-state index is 13.3. The monoisotopic (exact) mass is 208 g/mol. The van der Waals surface area contributed by atoms with Crippen LogP contribution in [0.15, 0.2) is 22.8 Å². The normalized spacial score (nSPS) is 10.6. The summed E-state index contributed by atoms with van der Waals surface area (Å²) in [5.41, 5.74) is 1.13. The van der Waals surface area contributed by atoms with Crippen molar-refractivity contribution in [3.63, 3.8) is 0 Å². The Morgan fingerprint density at radius 1 is 1.47 bits per heavy atom. The van der Waals surface area contributed by atoms with Gasteiger partial charge in [0.05, 0.1) is 7.11 Å². The third-order valence-corrected chi connectivity index (χ3v) is 2.29. The van der Waals surface area contributed by atoms with Crippen LogP contribution < -0.4 is 0 Å². The molecule has 0 saturated carbocycles. The number of fused-ring (bicyclic) bond motifs is 1. The van der Waals surface area contributed by atoms with Crippen LogP contribution in [0, 0.1) is 12.7 Å². The lowest BCUT2D eigenvalue weighted by Crippen LogP contribution is -2.00. The fraction of sp³-hybridized carbons (Fsp3) is 0.182.